The van der Waals surface area contributed by atoms with Crippen molar-refractivity contribution in [3.8, 4) is 11.3 Å². The molecule has 0 radical (unpaired) electrons. The van der Waals surface area contributed by atoms with Crippen LogP contribution in [-0.2, 0) is 6.54 Å². The van der Waals surface area contributed by atoms with Gasteiger partial charge in [-0.25, -0.2) is 4.79 Å². The van der Waals surface area contributed by atoms with Crippen molar-refractivity contribution < 1.29 is 4.79 Å². The topological polar surface area (TPSA) is 38.1 Å². The molecule has 1 atom stereocenters. The molecule has 1 aliphatic rings. The Labute approximate surface area is 144 Å². The number of nitrogens with zero attached hydrogens (tertiary/aromatic N) is 3. The number of benzene rings is 1. The molecule has 2 heterocycles. The van der Waals surface area contributed by atoms with Crippen molar-refractivity contribution in [2.24, 2.45) is 5.92 Å². The Hall–Kier alpha value is -2.10. The van der Waals surface area contributed by atoms with Gasteiger partial charge in [0.25, 0.3) is 0 Å². The summed E-state index contributed by atoms with van der Waals surface area (Å²) in [5.74, 6) is 0.593. The molecule has 4 nitrogen and oxygen atoms in total. The van der Waals surface area contributed by atoms with Crippen LogP contribution < -0.4 is 0 Å². The summed E-state index contributed by atoms with van der Waals surface area (Å²) in [6.45, 7) is 8.03. The first-order valence-corrected chi connectivity index (χ1v) is 9.07. The van der Waals surface area contributed by atoms with E-state index >= 15 is 0 Å². The van der Waals surface area contributed by atoms with Crippen LogP contribution in [0.25, 0.3) is 11.3 Å². The molecule has 2 aromatic rings. The number of rotatable bonds is 7. The van der Waals surface area contributed by atoms with Crippen LogP contribution in [0.1, 0.15) is 50.8 Å². The van der Waals surface area contributed by atoms with Crippen molar-refractivity contribution in [2.75, 3.05) is 6.54 Å². The predicted octanol–water partition coefficient (Wildman–Crippen LogP) is 4.86. The van der Waals surface area contributed by atoms with Crippen LogP contribution in [0.5, 0.6) is 0 Å². The number of carbonyl (C=O) groups excluding carboxylic acids is 1. The maximum Gasteiger partial charge on any atom is 0.345 e. The maximum absolute atomic E-state index is 12.6. The second-order valence-electron chi connectivity index (χ2n) is 6.88. The average Bonchev–Trinajstić information content (AvgIpc) is 3.12. The van der Waals surface area contributed by atoms with Gasteiger partial charge in [-0.2, -0.15) is 9.78 Å². The minimum atomic E-state index is 0.0262. The minimum Gasteiger partial charge on any atom is -0.317 e. The second-order valence-corrected chi connectivity index (χ2v) is 6.88. The molecule has 0 saturated carbocycles. The summed E-state index contributed by atoms with van der Waals surface area (Å²) in [6.07, 6.45) is 4.78. The molecule has 4 heteroatoms. The van der Waals surface area contributed by atoms with Gasteiger partial charge in [-0.15, -0.1) is 0 Å². The molecular weight excluding hydrogens is 298 g/mol. The van der Waals surface area contributed by atoms with Crippen molar-refractivity contribution in [1.82, 2.24) is 14.7 Å². The number of fused-ring (bicyclic) bond motifs is 1. The Morgan fingerprint density at radius 1 is 1.21 bits per heavy atom. The quantitative estimate of drug-likeness (QED) is 0.729. The van der Waals surface area contributed by atoms with E-state index in [1.165, 1.54) is 24.8 Å². The van der Waals surface area contributed by atoms with Crippen LogP contribution >= 0.6 is 0 Å². The Balaban J connectivity index is 1.70. The lowest BCUT2D eigenvalue weighted by atomic mass is 9.99. The maximum atomic E-state index is 12.6. The number of unbranched alkanes of at least 4 members (excludes halogenated alkanes) is 1. The molecule has 0 bridgehead atoms. The monoisotopic (exact) mass is 325 g/mol. The van der Waals surface area contributed by atoms with Gasteiger partial charge in [-0.1, -0.05) is 62.9 Å². The number of hydrogen-bond acceptors (Lipinski definition) is 2. The zero-order chi connectivity index (χ0) is 17.1. The van der Waals surface area contributed by atoms with Gasteiger partial charge in [0.05, 0.1) is 17.9 Å². The van der Waals surface area contributed by atoms with Gasteiger partial charge in [-0.05, 0) is 25.3 Å². The van der Waals surface area contributed by atoms with E-state index in [9.17, 15) is 4.79 Å². The lowest BCUT2D eigenvalue weighted by Crippen LogP contribution is -2.32. The standard InChI is InChI=1S/C20H27N3O/c1-4-6-7-16(5-2)13-22-14-18-12-19(21-23(18)20(22)24)17-10-8-15(3)9-11-17/h8-12,16H,4-7,13-14H2,1-3H3. The van der Waals surface area contributed by atoms with E-state index < -0.39 is 0 Å². The summed E-state index contributed by atoms with van der Waals surface area (Å²) in [5.41, 5.74) is 4.18. The molecule has 0 N–H and O–H groups in total. The lowest BCUT2D eigenvalue weighted by Gasteiger charge is -2.22. The van der Waals surface area contributed by atoms with Crippen LogP contribution in [0.3, 0.4) is 0 Å². The predicted molar refractivity (Wildman–Crippen MR) is 96.9 cm³/mol. The Morgan fingerprint density at radius 2 is 1.96 bits per heavy atom. The fourth-order valence-electron chi connectivity index (χ4n) is 3.33. The van der Waals surface area contributed by atoms with Crippen LogP contribution in [0.4, 0.5) is 4.79 Å². The number of aromatic nitrogens is 2. The van der Waals surface area contributed by atoms with Crippen molar-refractivity contribution >= 4 is 6.03 Å². The Bertz CT molecular complexity index is 702. The molecule has 0 spiro atoms. The Kier molecular flexibility index (Phi) is 5.03. The van der Waals surface area contributed by atoms with Gasteiger partial charge in [0.1, 0.15) is 0 Å². The normalized spacial score (nSPS) is 15.0. The SMILES string of the molecule is CCCCC(CC)CN1Cc2cc(-c3ccc(C)cc3)nn2C1=O. The van der Waals surface area contributed by atoms with Crippen LogP contribution in [0, 0.1) is 12.8 Å². The van der Waals surface area contributed by atoms with E-state index in [-0.39, 0.29) is 6.03 Å². The van der Waals surface area contributed by atoms with Crippen LogP contribution in [0.2, 0.25) is 0 Å². The molecular formula is C20H27N3O. The third-order valence-corrected chi connectivity index (χ3v) is 4.96. The zero-order valence-electron chi connectivity index (χ0n) is 15.0. The molecule has 24 heavy (non-hydrogen) atoms. The summed E-state index contributed by atoms with van der Waals surface area (Å²) in [7, 11) is 0. The summed E-state index contributed by atoms with van der Waals surface area (Å²) < 4.78 is 1.59. The summed E-state index contributed by atoms with van der Waals surface area (Å²) in [6, 6.07) is 10.4. The third-order valence-electron chi connectivity index (χ3n) is 4.96. The summed E-state index contributed by atoms with van der Waals surface area (Å²) in [4.78, 5) is 14.6. The third kappa shape index (κ3) is 3.37. The zero-order valence-corrected chi connectivity index (χ0v) is 15.0. The van der Waals surface area contributed by atoms with Crippen LogP contribution in [-0.4, -0.2) is 27.3 Å². The summed E-state index contributed by atoms with van der Waals surface area (Å²) in [5, 5.41) is 4.54. The smallest absolute Gasteiger partial charge is 0.317 e. The van der Waals surface area contributed by atoms with Crippen molar-refractivity contribution in [1.29, 1.82) is 0 Å². The molecule has 3 rings (SSSR count). The van der Waals surface area contributed by atoms with Gasteiger partial charge < -0.3 is 4.90 Å². The number of amides is 1. The molecule has 1 aromatic heterocycles. The highest BCUT2D eigenvalue weighted by molar-refractivity contribution is 5.80. The van der Waals surface area contributed by atoms with Crippen molar-refractivity contribution in [3.63, 3.8) is 0 Å². The molecule has 1 amide bonds. The van der Waals surface area contributed by atoms with Crippen molar-refractivity contribution in [3.05, 3.63) is 41.6 Å². The summed E-state index contributed by atoms with van der Waals surface area (Å²) >= 11 is 0. The van der Waals surface area contributed by atoms with Gasteiger partial charge in [0.2, 0.25) is 0 Å². The number of hydrogen-bond donors (Lipinski definition) is 0. The fourth-order valence-corrected chi connectivity index (χ4v) is 3.33. The molecule has 1 aliphatic heterocycles. The first kappa shape index (κ1) is 16.7. The van der Waals surface area contributed by atoms with Gasteiger partial charge >= 0.3 is 6.03 Å². The van der Waals surface area contributed by atoms with E-state index in [4.69, 9.17) is 0 Å². The molecule has 128 valence electrons. The lowest BCUT2D eigenvalue weighted by molar-refractivity contribution is 0.194. The first-order chi connectivity index (χ1) is 11.6. The fraction of sp³-hybridized carbons (Fsp3) is 0.500. The number of carbonyl (C=O) groups is 1. The largest absolute Gasteiger partial charge is 0.345 e. The molecule has 0 aliphatic carbocycles. The number of aryl methyl sites for hydroxylation is 1. The highest BCUT2D eigenvalue weighted by Gasteiger charge is 2.30. The molecule has 1 aromatic carbocycles. The second kappa shape index (κ2) is 7.20. The highest BCUT2D eigenvalue weighted by atomic mass is 16.2. The van der Waals surface area contributed by atoms with E-state index in [0.717, 1.165) is 29.9 Å². The van der Waals surface area contributed by atoms with E-state index in [1.807, 2.05) is 4.90 Å². The van der Waals surface area contributed by atoms with Crippen LogP contribution in [0.15, 0.2) is 30.3 Å². The average molecular weight is 325 g/mol. The molecule has 0 fully saturated rings. The van der Waals surface area contributed by atoms with E-state index in [0.29, 0.717) is 12.5 Å². The Morgan fingerprint density at radius 3 is 2.58 bits per heavy atom. The van der Waals surface area contributed by atoms with Gasteiger partial charge in [0.15, 0.2) is 0 Å². The van der Waals surface area contributed by atoms with E-state index in [1.54, 1.807) is 4.68 Å². The van der Waals surface area contributed by atoms with Gasteiger partial charge in [0, 0.05) is 12.1 Å². The molecule has 1 unspecified atom stereocenters. The molecule has 0 saturated heterocycles. The highest BCUT2D eigenvalue weighted by Crippen LogP contribution is 2.26. The van der Waals surface area contributed by atoms with Crippen molar-refractivity contribution in [2.45, 2.75) is 53.0 Å². The van der Waals surface area contributed by atoms with E-state index in [2.05, 4.69) is 56.2 Å². The first-order valence-electron chi connectivity index (χ1n) is 9.07. The minimum absolute atomic E-state index is 0.0262. The van der Waals surface area contributed by atoms with Gasteiger partial charge in [-0.3, -0.25) is 0 Å².